The molecule has 0 aliphatic carbocycles. The summed E-state index contributed by atoms with van der Waals surface area (Å²) >= 11 is 0. The van der Waals surface area contributed by atoms with E-state index in [1.807, 2.05) is 0 Å². The van der Waals surface area contributed by atoms with Crippen LogP contribution in [0, 0.1) is 11.6 Å². The van der Waals surface area contributed by atoms with Gasteiger partial charge in [-0.05, 0) is 18.2 Å². The largest absolute Gasteiger partial charge is 0.368 e. The fourth-order valence-corrected chi connectivity index (χ4v) is 1.68. The van der Waals surface area contributed by atoms with Crippen LogP contribution in [0.5, 0.6) is 0 Å². The molecule has 2 heterocycles. The number of hydrogen-bond donors (Lipinski definition) is 1. The van der Waals surface area contributed by atoms with Crippen LogP contribution in [0.3, 0.4) is 0 Å². The molecule has 0 unspecified atom stereocenters. The van der Waals surface area contributed by atoms with Crippen molar-refractivity contribution in [2.24, 2.45) is 0 Å². The highest BCUT2D eigenvalue weighted by molar-refractivity contribution is 5.56. The van der Waals surface area contributed by atoms with Gasteiger partial charge in [-0.1, -0.05) is 0 Å². The lowest BCUT2D eigenvalue weighted by Gasteiger charge is -2.05. The molecule has 1 aromatic carbocycles. The van der Waals surface area contributed by atoms with Gasteiger partial charge in [0.1, 0.15) is 11.6 Å². The van der Waals surface area contributed by atoms with Crippen molar-refractivity contribution in [3.8, 4) is 17.3 Å². The molecule has 0 atom stereocenters. The van der Waals surface area contributed by atoms with E-state index >= 15 is 0 Å². The number of nitrogen functional groups attached to an aromatic ring is 1. The van der Waals surface area contributed by atoms with Gasteiger partial charge in [0, 0.05) is 24.0 Å². The average Bonchev–Trinajstić information content (AvgIpc) is 2.90. The average molecular weight is 274 g/mol. The molecule has 0 amide bonds. The van der Waals surface area contributed by atoms with Crippen LogP contribution in [0.4, 0.5) is 14.7 Å². The molecule has 100 valence electrons. The SMILES string of the molecule is Nc1nc(-c2cc(F)cc(F)c2)nc(-n2cccn2)n1. The minimum atomic E-state index is -0.723. The van der Waals surface area contributed by atoms with E-state index in [0.29, 0.717) is 0 Å². The number of rotatable bonds is 2. The molecule has 0 spiro atoms. The first-order chi connectivity index (χ1) is 9.61. The summed E-state index contributed by atoms with van der Waals surface area (Å²) in [5.74, 6) is -1.27. The first-order valence-electron chi connectivity index (χ1n) is 5.60. The van der Waals surface area contributed by atoms with Crippen molar-refractivity contribution in [2.75, 3.05) is 5.73 Å². The van der Waals surface area contributed by atoms with Gasteiger partial charge >= 0.3 is 0 Å². The van der Waals surface area contributed by atoms with Crippen LogP contribution < -0.4 is 5.73 Å². The number of anilines is 1. The summed E-state index contributed by atoms with van der Waals surface area (Å²) < 4.78 is 27.8. The van der Waals surface area contributed by atoms with Gasteiger partial charge in [0.15, 0.2) is 5.82 Å². The minimum absolute atomic E-state index is 0.0647. The molecular formula is C12H8F2N6. The number of halogens is 2. The van der Waals surface area contributed by atoms with Crippen molar-refractivity contribution < 1.29 is 8.78 Å². The Labute approximate surface area is 111 Å². The number of benzene rings is 1. The Hall–Kier alpha value is -2.90. The van der Waals surface area contributed by atoms with Crippen LogP contribution in [0.1, 0.15) is 0 Å². The summed E-state index contributed by atoms with van der Waals surface area (Å²) in [4.78, 5) is 11.9. The molecule has 6 nitrogen and oxygen atoms in total. The Morgan fingerprint density at radius 3 is 2.40 bits per heavy atom. The number of aromatic nitrogens is 5. The van der Waals surface area contributed by atoms with Crippen LogP contribution >= 0.6 is 0 Å². The van der Waals surface area contributed by atoms with E-state index in [9.17, 15) is 8.78 Å². The summed E-state index contributed by atoms with van der Waals surface area (Å²) in [6.45, 7) is 0. The van der Waals surface area contributed by atoms with Crippen LogP contribution in [0.25, 0.3) is 17.3 Å². The van der Waals surface area contributed by atoms with Gasteiger partial charge < -0.3 is 5.73 Å². The van der Waals surface area contributed by atoms with E-state index < -0.39 is 11.6 Å². The second-order valence-corrected chi connectivity index (χ2v) is 3.93. The first-order valence-corrected chi connectivity index (χ1v) is 5.60. The van der Waals surface area contributed by atoms with Gasteiger partial charge in [-0.25, -0.2) is 13.5 Å². The summed E-state index contributed by atoms with van der Waals surface area (Å²) in [5.41, 5.74) is 5.76. The molecule has 2 N–H and O–H groups in total. The van der Waals surface area contributed by atoms with Crippen molar-refractivity contribution >= 4 is 5.95 Å². The topological polar surface area (TPSA) is 82.5 Å². The maximum Gasteiger partial charge on any atom is 0.255 e. The van der Waals surface area contributed by atoms with Crippen molar-refractivity contribution in [3.63, 3.8) is 0 Å². The summed E-state index contributed by atoms with van der Waals surface area (Å²) in [7, 11) is 0. The normalized spacial score (nSPS) is 10.7. The lowest BCUT2D eigenvalue weighted by atomic mass is 10.2. The van der Waals surface area contributed by atoms with E-state index in [1.54, 1.807) is 18.5 Å². The highest BCUT2D eigenvalue weighted by atomic mass is 19.1. The molecule has 0 saturated heterocycles. The quantitative estimate of drug-likeness (QED) is 0.767. The van der Waals surface area contributed by atoms with Crippen molar-refractivity contribution in [1.29, 1.82) is 0 Å². The molecule has 3 aromatic rings. The predicted molar refractivity (Wildman–Crippen MR) is 66.7 cm³/mol. The Morgan fingerprint density at radius 1 is 1.00 bits per heavy atom. The zero-order chi connectivity index (χ0) is 14.1. The highest BCUT2D eigenvalue weighted by Crippen LogP contribution is 2.19. The fourth-order valence-electron chi connectivity index (χ4n) is 1.68. The first kappa shape index (κ1) is 12.2. The van der Waals surface area contributed by atoms with Crippen LogP contribution in [0.2, 0.25) is 0 Å². The maximum absolute atomic E-state index is 13.2. The minimum Gasteiger partial charge on any atom is -0.368 e. The molecule has 0 bridgehead atoms. The van der Waals surface area contributed by atoms with Crippen molar-refractivity contribution in [2.45, 2.75) is 0 Å². The van der Waals surface area contributed by atoms with E-state index in [1.165, 1.54) is 4.68 Å². The Kier molecular flexibility index (Phi) is 2.82. The van der Waals surface area contributed by atoms with Gasteiger partial charge in [-0.15, -0.1) is 0 Å². The Morgan fingerprint density at radius 2 is 1.75 bits per heavy atom. The van der Waals surface area contributed by atoms with Gasteiger partial charge in [-0.3, -0.25) is 0 Å². The molecule has 0 aliphatic heterocycles. The zero-order valence-electron chi connectivity index (χ0n) is 10.0. The summed E-state index contributed by atoms with van der Waals surface area (Å²) in [5, 5.41) is 3.96. The van der Waals surface area contributed by atoms with Crippen LogP contribution in [0.15, 0.2) is 36.7 Å². The van der Waals surface area contributed by atoms with E-state index in [0.717, 1.165) is 18.2 Å². The van der Waals surface area contributed by atoms with Gasteiger partial charge in [0.2, 0.25) is 5.95 Å². The number of nitrogens with two attached hydrogens (primary N) is 1. The lowest BCUT2D eigenvalue weighted by Crippen LogP contribution is -2.08. The fraction of sp³-hybridized carbons (Fsp3) is 0. The van der Waals surface area contributed by atoms with Gasteiger partial charge in [0.05, 0.1) is 0 Å². The molecule has 2 aromatic heterocycles. The maximum atomic E-state index is 13.2. The third-order valence-electron chi connectivity index (χ3n) is 2.47. The molecule has 8 heteroatoms. The molecule has 0 aliphatic rings. The van der Waals surface area contributed by atoms with Crippen LogP contribution in [-0.2, 0) is 0 Å². The number of hydrogen-bond acceptors (Lipinski definition) is 5. The predicted octanol–water partition coefficient (Wildman–Crippen LogP) is 1.58. The van der Waals surface area contributed by atoms with E-state index in [4.69, 9.17) is 5.73 Å². The smallest absolute Gasteiger partial charge is 0.255 e. The third kappa shape index (κ3) is 2.30. The Bertz CT molecular complexity index is 736. The third-order valence-corrected chi connectivity index (χ3v) is 2.47. The molecule has 20 heavy (non-hydrogen) atoms. The van der Waals surface area contributed by atoms with E-state index in [2.05, 4.69) is 20.1 Å². The lowest BCUT2D eigenvalue weighted by molar-refractivity contribution is 0.584. The molecule has 0 radical (unpaired) electrons. The highest BCUT2D eigenvalue weighted by Gasteiger charge is 2.10. The standard InChI is InChI=1S/C12H8F2N6/c13-8-4-7(5-9(14)6-8)10-17-11(15)19-12(18-10)20-3-1-2-16-20/h1-6H,(H2,15,17,18,19). The summed E-state index contributed by atoms with van der Waals surface area (Å²) in [6, 6.07) is 4.68. The molecular weight excluding hydrogens is 266 g/mol. The molecule has 0 fully saturated rings. The molecule has 0 saturated carbocycles. The Balaban J connectivity index is 2.14. The second kappa shape index (κ2) is 4.65. The van der Waals surface area contributed by atoms with Crippen LogP contribution in [-0.4, -0.2) is 24.7 Å². The zero-order valence-corrected chi connectivity index (χ0v) is 10.0. The second-order valence-electron chi connectivity index (χ2n) is 3.93. The van der Waals surface area contributed by atoms with Gasteiger partial charge in [0.25, 0.3) is 5.95 Å². The molecule has 3 rings (SSSR count). The monoisotopic (exact) mass is 274 g/mol. The number of nitrogens with zero attached hydrogens (tertiary/aromatic N) is 5. The summed E-state index contributed by atoms with van der Waals surface area (Å²) in [6.07, 6.45) is 3.16. The van der Waals surface area contributed by atoms with Gasteiger partial charge in [-0.2, -0.15) is 20.1 Å². The van der Waals surface area contributed by atoms with E-state index in [-0.39, 0.29) is 23.3 Å². The van der Waals surface area contributed by atoms with Crippen molar-refractivity contribution in [3.05, 3.63) is 48.3 Å². The van der Waals surface area contributed by atoms with Crippen molar-refractivity contribution in [1.82, 2.24) is 24.7 Å².